The highest BCUT2D eigenvalue weighted by molar-refractivity contribution is 7.14. The van der Waals surface area contributed by atoms with E-state index in [1.807, 2.05) is 6.07 Å². The summed E-state index contributed by atoms with van der Waals surface area (Å²) in [4.78, 5) is 26.2. The number of rotatable bonds is 5. The van der Waals surface area contributed by atoms with E-state index in [1.165, 1.54) is 21.8 Å². The molecule has 0 unspecified atom stereocenters. The average molecular weight is 347 g/mol. The van der Waals surface area contributed by atoms with Crippen molar-refractivity contribution in [3.63, 3.8) is 0 Å². The summed E-state index contributed by atoms with van der Waals surface area (Å²) in [5.74, 6) is 0.543. The van der Waals surface area contributed by atoms with Crippen molar-refractivity contribution in [2.75, 3.05) is 0 Å². The van der Waals surface area contributed by atoms with E-state index in [9.17, 15) is 9.59 Å². The molecular formula is C18H21NO4S. The van der Waals surface area contributed by atoms with E-state index in [2.05, 4.69) is 12.2 Å². The fourth-order valence-corrected chi connectivity index (χ4v) is 3.90. The number of hydrogen-bond acceptors (Lipinski definition) is 5. The molecule has 1 aliphatic carbocycles. The number of furan rings is 1. The molecule has 0 saturated carbocycles. The Morgan fingerprint density at radius 2 is 2.33 bits per heavy atom. The molecule has 1 amide bonds. The Morgan fingerprint density at radius 1 is 1.50 bits per heavy atom. The lowest BCUT2D eigenvalue weighted by molar-refractivity contribution is -0.129. The molecule has 0 fully saturated rings. The summed E-state index contributed by atoms with van der Waals surface area (Å²) in [7, 11) is 0. The summed E-state index contributed by atoms with van der Waals surface area (Å²) >= 11 is 1.49. The van der Waals surface area contributed by atoms with E-state index in [0.717, 1.165) is 19.3 Å². The molecule has 1 N–H and O–H groups in total. The predicted molar refractivity (Wildman–Crippen MR) is 90.9 cm³/mol. The van der Waals surface area contributed by atoms with Crippen LogP contribution in [0.1, 0.15) is 46.1 Å². The Balaban J connectivity index is 1.55. The normalized spacial score (nSPS) is 17.8. The van der Waals surface area contributed by atoms with Gasteiger partial charge in [-0.25, -0.2) is 4.79 Å². The first-order valence-corrected chi connectivity index (χ1v) is 8.97. The second-order valence-corrected chi connectivity index (χ2v) is 7.39. The Morgan fingerprint density at radius 3 is 3.08 bits per heavy atom. The number of ether oxygens (including phenoxy) is 1. The van der Waals surface area contributed by atoms with Crippen LogP contribution in [0.3, 0.4) is 0 Å². The number of aryl methyl sites for hydroxylation is 1. The van der Waals surface area contributed by atoms with Gasteiger partial charge in [0, 0.05) is 4.88 Å². The van der Waals surface area contributed by atoms with Crippen molar-refractivity contribution in [3.05, 3.63) is 45.5 Å². The number of fused-ring (bicyclic) bond motifs is 1. The van der Waals surface area contributed by atoms with Crippen molar-refractivity contribution >= 4 is 23.2 Å². The maximum atomic E-state index is 12.3. The van der Waals surface area contributed by atoms with Gasteiger partial charge < -0.3 is 14.5 Å². The maximum Gasteiger partial charge on any atom is 0.349 e. The van der Waals surface area contributed by atoms with Gasteiger partial charge in [0.1, 0.15) is 10.6 Å². The lowest BCUT2D eigenvalue weighted by Crippen LogP contribution is -2.35. The van der Waals surface area contributed by atoms with Crippen LogP contribution < -0.4 is 5.32 Å². The minimum Gasteiger partial charge on any atom is -0.467 e. The van der Waals surface area contributed by atoms with Crippen molar-refractivity contribution in [1.82, 2.24) is 5.32 Å². The minimum absolute atomic E-state index is 0.277. The molecule has 6 heteroatoms. The van der Waals surface area contributed by atoms with Gasteiger partial charge in [0.25, 0.3) is 5.91 Å². The molecule has 0 spiro atoms. The van der Waals surface area contributed by atoms with Crippen LogP contribution in [-0.2, 0) is 28.9 Å². The molecule has 0 radical (unpaired) electrons. The molecule has 2 atom stereocenters. The van der Waals surface area contributed by atoms with Crippen molar-refractivity contribution in [2.24, 2.45) is 5.92 Å². The second kappa shape index (κ2) is 7.21. The van der Waals surface area contributed by atoms with E-state index < -0.39 is 12.1 Å². The molecule has 3 rings (SSSR count). The first kappa shape index (κ1) is 16.8. The zero-order valence-corrected chi connectivity index (χ0v) is 14.7. The van der Waals surface area contributed by atoms with Crippen LogP contribution in [0.25, 0.3) is 0 Å². The summed E-state index contributed by atoms with van der Waals surface area (Å²) in [6.07, 6.45) is 3.90. The highest BCUT2D eigenvalue weighted by atomic mass is 32.1. The number of nitrogens with one attached hydrogen (secondary N) is 1. The minimum atomic E-state index is -0.842. The van der Waals surface area contributed by atoms with Crippen LogP contribution in [0.2, 0.25) is 0 Å². The summed E-state index contributed by atoms with van der Waals surface area (Å²) in [6, 6.07) is 5.45. The zero-order chi connectivity index (χ0) is 17.1. The van der Waals surface area contributed by atoms with E-state index in [4.69, 9.17) is 9.15 Å². The lowest BCUT2D eigenvalue weighted by atomic mass is 9.90. The molecule has 0 aliphatic heterocycles. The van der Waals surface area contributed by atoms with Gasteiger partial charge in [-0.05, 0) is 55.9 Å². The largest absolute Gasteiger partial charge is 0.467 e. The van der Waals surface area contributed by atoms with E-state index in [-0.39, 0.29) is 12.5 Å². The zero-order valence-electron chi connectivity index (χ0n) is 13.8. The lowest BCUT2D eigenvalue weighted by Gasteiger charge is -2.16. The molecular weight excluding hydrogens is 326 g/mol. The Kier molecular flexibility index (Phi) is 5.04. The van der Waals surface area contributed by atoms with Gasteiger partial charge in [-0.2, -0.15) is 0 Å². The number of carbonyl (C=O) groups excluding carboxylic acids is 2. The summed E-state index contributed by atoms with van der Waals surface area (Å²) in [5, 5.41) is 2.69. The SMILES string of the molecule is C[C@H]1CCc2sc(C(=O)O[C@@H](C)C(=O)NCc3ccco3)cc2C1. The number of hydrogen-bond donors (Lipinski definition) is 1. The fourth-order valence-electron chi connectivity index (χ4n) is 2.81. The van der Waals surface area contributed by atoms with Crippen LogP contribution in [0, 0.1) is 5.92 Å². The van der Waals surface area contributed by atoms with E-state index in [1.54, 1.807) is 25.3 Å². The summed E-state index contributed by atoms with van der Waals surface area (Å²) in [5.41, 5.74) is 1.25. The van der Waals surface area contributed by atoms with Crippen LogP contribution in [0.5, 0.6) is 0 Å². The number of carbonyl (C=O) groups is 2. The predicted octanol–water partition coefficient (Wildman–Crippen LogP) is 3.33. The van der Waals surface area contributed by atoms with Gasteiger partial charge in [0.15, 0.2) is 6.10 Å². The Hall–Kier alpha value is -2.08. The molecule has 2 aromatic rings. The average Bonchev–Trinajstić information content (AvgIpc) is 3.21. The van der Waals surface area contributed by atoms with Crippen LogP contribution >= 0.6 is 11.3 Å². The quantitative estimate of drug-likeness (QED) is 0.843. The Bertz CT molecular complexity index is 719. The molecule has 5 nitrogen and oxygen atoms in total. The van der Waals surface area contributed by atoms with Gasteiger partial charge >= 0.3 is 5.97 Å². The number of thiophene rings is 1. The molecule has 0 saturated heterocycles. The smallest absolute Gasteiger partial charge is 0.349 e. The summed E-state index contributed by atoms with van der Waals surface area (Å²) < 4.78 is 10.4. The van der Waals surface area contributed by atoms with Gasteiger partial charge in [-0.3, -0.25) is 4.79 Å². The molecule has 0 bridgehead atoms. The molecule has 2 aromatic heterocycles. The second-order valence-electron chi connectivity index (χ2n) is 6.25. The topological polar surface area (TPSA) is 68.5 Å². The molecule has 0 aromatic carbocycles. The first-order valence-electron chi connectivity index (χ1n) is 8.15. The molecule has 2 heterocycles. The van der Waals surface area contributed by atoms with Crippen LogP contribution in [0.15, 0.2) is 28.9 Å². The van der Waals surface area contributed by atoms with Crippen molar-refractivity contribution in [1.29, 1.82) is 0 Å². The van der Waals surface area contributed by atoms with Gasteiger partial charge in [0.05, 0.1) is 12.8 Å². The van der Waals surface area contributed by atoms with E-state index in [0.29, 0.717) is 16.6 Å². The third-order valence-electron chi connectivity index (χ3n) is 4.20. The maximum absolute atomic E-state index is 12.3. The standard InChI is InChI=1S/C18H21NO4S/c1-11-5-6-15-13(8-11)9-16(24-15)18(21)23-12(2)17(20)19-10-14-4-3-7-22-14/h3-4,7,9,11-12H,5-6,8,10H2,1-2H3,(H,19,20)/t11-,12-/m0/s1. The summed E-state index contributed by atoms with van der Waals surface area (Å²) in [6.45, 7) is 4.08. The van der Waals surface area contributed by atoms with Gasteiger partial charge in [-0.15, -0.1) is 11.3 Å². The third-order valence-corrected chi connectivity index (χ3v) is 5.42. The molecule has 1 aliphatic rings. The highest BCUT2D eigenvalue weighted by Gasteiger charge is 2.24. The van der Waals surface area contributed by atoms with Gasteiger partial charge in [0.2, 0.25) is 0 Å². The van der Waals surface area contributed by atoms with Crippen molar-refractivity contribution in [3.8, 4) is 0 Å². The highest BCUT2D eigenvalue weighted by Crippen LogP contribution is 2.32. The monoisotopic (exact) mass is 347 g/mol. The number of esters is 1. The van der Waals surface area contributed by atoms with Crippen molar-refractivity contribution < 1.29 is 18.7 Å². The number of amides is 1. The van der Waals surface area contributed by atoms with Crippen LogP contribution in [0.4, 0.5) is 0 Å². The van der Waals surface area contributed by atoms with Gasteiger partial charge in [-0.1, -0.05) is 6.92 Å². The third kappa shape index (κ3) is 3.87. The first-order chi connectivity index (χ1) is 11.5. The Labute approximate surface area is 145 Å². The van der Waals surface area contributed by atoms with Crippen LogP contribution in [-0.4, -0.2) is 18.0 Å². The molecule has 24 heavy (non-hydrogen) atoms. The van der Waals surface area contributed by atoms with Crippen molar-refractivity contribution in [2.45, 2.75) is 45.8 Å². The fraction of sp³-hybridized carbons (Fsp3) is 0.444. The molecule has 128 valence electrons. The van der Waals surface area contributed by atoms with E-state index >= 15 is 0 Å².